The van der Waals surface area contributed by atoms with Gasteiger partial charge in [-0.1, -0.05) is 35.9 Å². The molecule has 0 radical (unpaired) electrons. The first-order valence-electron chi connectivity index (χ1n) is 9.79. The Hall–Kier alpha value is -2.32. The number of nitrogens with zero attached hydrogens (tertiary/aromatic N) is 1. The zero-order valence-electron chi connectivity index (χ0n) is 17.0. The summed E-state index contributed by atoms with van der Waals surface area (Å²) in [4.78, 5) is 28.3. The van der Waals surface area contributed by atoms with E-state index in [9.17, 15) is 14.0 Å². The molecule has 0 spiro atoms. The van der Waals surface area contributed by atoms with Gasteiger partial charge in [0.05, 0.1) is 11.6 Å². The fourth-order valence-corrected chi connectivity index (χ4v) is 4.81. The van der Waals surface area contributed by atoms with Gasteiger partial charge in [0, 0.05) is 35.0 Å². The number of carbonyl (C=O) groups excluding carboxylic acids is 2. The van der Waals surface area contributed by atoms with Gasteiger partial charge in [-0.3, -0.25) is 9.59 Å². The topological polar surface area (TPSA) is 75.4 Å². The lowest BCUT2D eigenvalue weighted by atomic mass is 9.98. The summed E-state index contributed by atoms with van der Waals surface area (Å²) in [5.74, 6) is -0.156. The summed E-state index contributed by atoms with van der Waals surface area (Å²) < 4.78 is 13.1. The number of nitrogens with two attached hydrogens (primary N) is 1. The predicted molar refractivity (Wildman–Crippen MR) is 128 cm³/mol. The molecule has 2 aliphatic heterocycles. The molecular weight excluding hydrogens is 472 g/mol. The molecule has 4 rings (SSSR count). The summed E-state index contributed by atoms with van der Waals surface area (Å²) in [6, 6.07) is 12.3. The zero-order valence-corrected chi connectivity index (χ0v) is 19.4. The lowest BCUT2D eigenvalue weighted by Gasteiger charge is -2.39. The van der Waals surface area contributed by atoms with Crippen molar-refractivity contribution in [3.05, 3.63) is 93.3 Å². The summed E-state index contributed by atoms with van der Waals surface area (Å²) in [5, 5.41) is 3.49. The number of thioether (sulfide) groups is 1. The Bertz CT molecular complexity index is 1060. The number of hydrogen-bond donors (Lipinski definition) is 2. The van der Waals surface area contributed by atoms with Crippen LogP contribution < -0.4 is 11.1 Å². The van der Waals surface area contributed by atoms with Crippen LogP contribution in [0.3, 0.4) is 0 Å². The van der Waals surface area contributed by atoms with Gasteiger partial charge in [-0.05, 0) is 41.5 Å². The van der Waals surface area contributed by atoms with Gasteiger partial charge in [0.15, 0.2) is 5.78 Å². The van der Waals surface area contributed by atoms with Crippen molar-refractivity contribution in [2.45, 2.75) is 25.2 Å². The van der Waals surface area contributed by atoms with E-state index >= 15 is 0 Å². The third-order valence-corrected chi connectivity index (χ3v) is 6.63. The molecule has 3 N–H and O–H groups in total. The van der Waals surface area contributed by atoms with Crippen molar-refractivity contribution in [3.63, 3.8) is 0 Å². The van der Waals surface area contributed by atoms with Gasteiger partial charge in [-0.2, -0.15) is 0 Å². The highest BCUT2D eigenvalue weighted by molar-refractivity contribution is 8.03. The fourth-order valence-electron chi connectivity index (χ4n) is 3.53. The second-order valence-corrected chi connectivity index (χ2v) is 8.99. The molecule has 32 heavy (non-hydrogen) atoms. The minimum absolute atomic E-state index is 0. The van der Waals surface area contributed by atoms with Crippen LogP contribution in [0.25, 0.3) is 0 Å². The van der Waals surface area contributed by atoms with Gasteiger partial charge in [-0.15, -0.1) is 24.2 Å². The number of fused-ring (bicyclic) bond motifs is 1. The molecule has 2 heterocycles. The highest BCUT2D eigenvalue weighted by Gasteiger charge is 2.39. The maximum absolute atomic E-state index is 13.1. The van der Waals surface area contributed by atoms with Crippen molar-refractivity contribution in [1.29, 1.82) is 0 Å². The van der Waals surface area contributed by atoms with Crippen molar-refractivity contribution in [2.24, 2.45) is 5.73 Å². The van der Waals surface area contributed by atoms with E-state index in [2.05, 4.69) is 5.32 Å². The van der Waals surface area contributed by atoms with Crippen LogP contribution in [-0.4, -0.2) is 34.4 Å². The molecule has 0 bridgehead atoms. The third-order valence-electron chi connectivity index (χ3n) is 5.18. The van der Waals surface area contributed by atoms with E-state index in [-0.39, 0.29) is 36.5 Å². The van der Waals surface area contributed by atoms with E-state index in [0.717, 1.165) is 16.0 Å². The van der Waals surface area contributed by atoms with Crippen molar-refractivity contribution < 1.29 is 14.0 Å². The molecule has 0 saturated carbocycles. The average molecular weight is 494 g/mol. The normalized spacial score (nSPS) is 20.0. The molecule has 1 fully saturated rings. The number of hydrogen-bond acceptors (Lipinski definition) is 5. The molecule has 1 unspecified atom stereocenters. The minimum Gasteiger partial charge on any atom is -0.358 e. The quantitative estimate of drug-likeness (QED) is 0.662. The van der Waals surface area contributed by atoms with E-state index in [1.165, 1.54) is 23.9 Å². The molecule has 0 aromatic heterocycles. The molecule has 2 aromatic rings. The molecule has 2 aliphatic rings. The van der Waals surface area contributed by atoms with Crippen LogP contribution in [0.2, 0.25) is 5.02 Å². The van der Waals surface area contributed by atoms with Crippen LogP contribution in [-0.2, 0) is 22.7 Å². The maximum Gasteiger partial charge on any atom is 0.253 e. The van der Waals surface area contributed by atoms with Crippen LogP contribution in [0.5, 0.6) is 0 Å². The van der Waals surface area contributed by atoms with Crippen molar-refractivity contribution in [1.82, 2.24) is 10.2 Å². The molecular formula is C23H22Cl2FN3O2S. The van der Waals surface area contributed by atoms with Crippen LogP contribution >= 0.6 is 35.8 Å². The standard InChI is InChI=1S/C23H21ClFN3O2S.ClH/c24-17-5-1-15(2-6-17)11-28-12-16(9-20-21(28)22(29)19(26)13-31-20)23(30)27-10-14-3-7-18(25)8-4-14;/h1-9,12,19,21H,10-11,13,26H2,(H,27,30);1H/t19-,21?;/m0./s1. The van der Waals surface area contributed by atoms with E-state index in [4.69, 9.17) is 17.3 Å². The Kier molecular flexibility index (Phi) is 8.00. The molecule has 9 heteroatoms. The van der Waals surface area contributed by atoms with Crippen LogP contribution in [0, 0.1) is 5.82 Å². The average Bonchev–Trinajstić information content (AvgIpc) is 2.77. The van der Waals surface area contributed by atoms with Crippen LogP contribution in [0.1, 0.15) is 11.1 Å². The Morgan fingerprint density at radius 3 is 2.50 bits per heavy atom. The van der Waals surface area contributed by atoms with Gasteiger partial charge in [0.25, 0.3) is 5.91 Å². The molecule has 5 nitrogen and oxygen atoms in total. The summed E-state index contributed by atoms with van der Waals surface area (Å²) in [6.07, 6.45) is 3.47. The largest absolute Gasteiger partial charge is 0.358 e. The second kappa shape index (κ2) is 10.5. The Morgan fingerprint density at radius 1 is 1.16 bits per heavy atom. The molecule has 168 valence electrons. The van der Waals surface area contributed by atoms with Gasteiger partial charge in [0.2, 0.25) is 0 Å². The van der Waals surface area contributed by atoms with Crippen molar-refractivity contribution in [3.8, 4) is 0 Å². The van der Waals surface area contributed by atoms with Gasteiger partial charge in [-0.25, -0.2) is 4.39 Å². The first kappa shape index (κ1) is 24.3. The Balaban J connectivity index is 0.00000289. The maximum atomic E-state index is 13.1. The summed E-state index contributed by atoms with van der Waals surface area (Å²) >= 11 is 7.49. The van der Waals surface area contributed by atoms with Gasteiger partial charge in [0.1, 0.15) is 11.9 Å². The molecule has 1 saturated heterocycles. The third kappa shape index (κ3) is 5.53. The van der Waals surface area contributed by atoms with Crippen LogP contribution in [0.4, 0.5) is 4.39 Å². The van der Waals surface area contributed by atoms with E-state index in [0.29, 0.717) is 22.9 Å². The molecule has 1 amide bonds. The second-order valence-electron chi connectivity index (χ2n) is 7.46. The summed E-state index contributed by atoms with van der Waals surface area (Å²) in [7, 11) is 0. The number of rotatable bonds is 5. The number of nitrogens with one attached hydrogen (secondary N) is 1. The first-order valence-corrected chi connectivity index (χ1v) is 11.2. The molecule has 0 aliphatic carbocycles. The number of carbonyl (C=O) groups is 2. The zero-order chi connectivity index (χ0) is 22.0. The van der Waals surface area contributed by atoms with Crippen LogP contribution in [0.15, 0.2) is 71.3 Å². The minimum atomic E-state index is -0.540. The Morgan fingerprint density at radius 2 is 1.81 bits per heavy atom. The highest BCUT2D eigenvalue weighted by atomic mass is 35.5. The van der Waals surface area contributed by atoms with Gasteiger partial charge >= 0.3 is 0 Å². The Labute approximate surface area is 201 Å². The highest BCUT2D eigenvalue weighted by Crippen LogP contribution is 2.35. The van der Waals surface area contributed by atoms with Crippen molar-refractivity contribution >= 4 is 47.5 Å². The SMILES string of the molecule is Cl.N[C@H]1CSC2=CC(C(=O)NCc3ccc(F)cc3)=CN(Cc3ccc(Cl)cc3)C2C1=O. The smallest absolute Gasteiger partial charge is 0.253 e. The number of ketones is 1. The number of benzene rings is 2. The summed E-state index contributed by atoms with van der Waals surface area (Å²) in [5.41, 5.74) is 8.22. The van der Waals surface area contributed by atoms with Gasteiger partial charge < -0.3 is 16.0 Å². The van der Waals surface area contributed by atoms with E-state index in [1.54, 1.807) is 36.5 Å². The molecule has 2 aromatic carbocycles. The monoisotopic (exact) mass is 493 g/mol. The lowest BCUT2D eigenvalue weighted by molar-refractivity contribution is -0.123. The molecule has 2 atom stereocenters. The van der Waals surface area contributed by atoms with Crippen molar-refractivity contribution in [2.75, 3.05) is 5.75 Å². The number of Topliss-reactive ketones (excluding diaryl/α,β-unsaturated/α-hetero) is 1. The predicted octanol–water partition coefficient (Wildman–Crippen LogP) is 3.81. The fraction of sp³-hybridized carbons (Fsp3) is 0.217. The van der Waals surface area contributed by atoms with E-state index < -0.39 is 12.1 Å². The number of halogens is 3. The first-order chi connectivity index (χ1) is 14.9. The van der Waals surface area contributed by atoms with E-state index in [1.807, 2.05) is 17.0 Å². The number of amides is 1. The lowest BCUT2D eigenvalue weighted by Crippen LogP contribution is -2.52. The summed E-state index contributed by atoms with van der Waals surface area (Å²) in [6.45, 7) is 0.712.